The van der Waals surface area contributed by atoms with E-state index in [-0.39, 0.29) is 18.4 Å². The van der Waals surface area contributed by atoms with Crippen molar-refractivity contribution in [2.75, 3.05) is 45.7 Å². The maximum Gasteiger partial charge on any atom is 0.322 e. The standard InChI is InChI=1S/C20H24FN3O3/c1-23(2)9-10-24(14-15-5-3-4-6-17(15)21)20(25)22-16-7-8-18-19(13-16)27-12-11-26-18/h3-8,13H,9-12,14H2,1-2H3,(H,22,25). The lowest BCUT2D eigenvalue weighted by atomic mass is 10.2. The van der Waals surface area contributed by atoms with Gasteiger partial charge in [-0.25, -0.2) is 9.18 Å². The van der Waals surface area contributed by atoms with Crippen LogP contribution in [0.4, 0.5) is 14.9 Å². The Morgan fingerprint density at radius 3 is 2.56 bits per heavy atom. The zero-order chi connectivity index (χ0) is 19.2. The van der Waals surface area contributed by atoms with Crippen molar-refractivity contribution in [2.45, 2.75) is 6.54 Å². The molecule has 0 atom stereocenters. The lowest BCUT2D eigenvalue weighted by Gasteiger charge is -2.25. The van der Waals surface area contributed by atoms with Gasteiger partial charge in [0.25, 0.3) is 0 Å². The number of rotatable bonds is 6. The van der Waals surface area contributed by atoms with Gasteiger partial charge in [0.05, 0.1) is 6.54 Å². The first kappa shape index (κ1) is 19.0. The first-order valence-corrected chi connectivity index (χ1v) is 8.86. The van der Waals surface area contributed by atoms with E-state index in [0.29, 0.717) is 49.1 Å². The smallest absolute Gasteiger partial charge is 0.322 e. The molecule has 144 valence electrons. The van der Waals surface area contributed by atoms with E-state index in [1.54, 1.807) is 41.3 Å². The van der Waals surface area contributed by atoms with Gasteiger partial charge in [0.1, 0.15) is 19.0 Å². The zero-order valence-corrected chi connectivity index (χ0v) is 15.6. The number of urea groups is 1. The van der Waals surface area contributed by atoms with Gasteiger partial charge in [-0.15, -0.1) is 0 Å². The summed E-state index contributed by atoms with van der Waals surface area (Å²) in [5, 5.41) is 2.87. The number of anilines is 1. The number of likely N-dealkylation sites (N-methyl/N-ethyl adjacent to an activating group) is 1. The Labute approximate surface area is 158 Å². The topological polar surface area (TPSA) is 54.0 Å². The summed E-state index contributed by atoms with van der Waals surface area (Å²) in [6.07, 6.45) is 0. The van der Waals surface area contributed by atoms with Crippen molar-refractivity contribution in [3.63, 3.8) is 0 Å². The maximum absolute atomic E-state index is 14.0. The Hall–Kier alpha value is -2.80. The molecular weight excluding hydrogens is 349 g/mol. The van der Waals surface area contributed by atoms with Crippen molar-refractivity contribution in [3.8, 4) is 11.5 Å². The van der Waals surface area contributed by atoms with Crippen molar-refractivity contribution in [1.29, 1.82) is 0 Å². The van der Waals surface area contributed by atoms with Crippen LogP contribution >= 0.6 is 0 Å². The minimum Gasteiger partial charge on any atom is -0.486 e. The SMILES string of the molecule is CN(C)CCN(Cc1ccccc1F)C(=O)Nc1ccc2c(c1)OCCO2. The van der Waals surface area contributed by atoms with Gasteiger partial charge in [-0.1, -0.05) is 18.2 Å². The van der Waals surface area contributed by atoms with Crippen molar-refractivity contribution in [3.05, 3.63) is 53.8 Å². The molecule has 0 saturated heterocycles. The van der Waals surface area contributed by atoms with E-state index < -0.39 is 0 Å². The maximum atomic E-state index is 14.0. The minimum atomic E-state index is -0.320. The normalized spacial score (nSPS) is 12.7. The van der Waals surface area contributed by atoms with Gasteiger partial charge in [-0.2, -0.15) is 0 Å². The first-order valence-electron chi connectivity index (χ1n) is 8.86. The number of nitrogens with zero attached hydrogens (tertiary/aromatic N) is 2. The highest BCUT2D eigenvalue weighted by molar-refractivity contribution is 5.89. The van der Waals surface area contributed by atoms with Crippen LogP contribution in [0.25, 0.3) is 0 Å². The molecule has 1 N–H and O–H groups in total. The van der Waals surface area contributed by atoms with Gasteiger partial charge < -0.3 is 24.6 Å². The Morgan fingerprint density at radius 2 is 1.81 bits per heavy atom. The third-order valence-electron chi connectivity index (χ3n) is 4.22. The fourth-order valence-corrected chi connectivity index (χ4v) is 2.73. The summed E-state index contributed by atoms with van der Waals surface area (Å²) in [6.45, 7) is 2.32. The molecular formula is C20H24FN3O3. The van der Waals surface area contributed by atoms with Gasteiger partial charge >= 0.3 is 6.03 Å². The molecule has 6 nitrogen and oxygen atoms in total. The molecule has 3 rings (SSSR count). The number of carbonyl (C=O) groups is 1. The van der Waals surface area contributed by atoms with Gasteiger partial charge in [0.15, 0.2) is 11.5 Å². The number of fused-ring (bicyclic) bond motifs is 1. The summed E-state index contributed by atoms with van der Waals surface area (Å²) in [6, 6.07) is 11.5. The lowest BCUT2D eigenvalue weighted by molar-refractivity contribution is 0.171. The molecule has 0 fully saturated rings. The minimum absolute atomic E-state index is 0.191. The highest BCUT2D eigenvalue weighted by atomic mass is 19.1. The Kier molecular flexibility index (Phi) is 6.13. The molecule has 1 heterocycles. The van der Waals surface area contributed by atoms with Crippen LogP contribution < -0.4 is 14.8 Å². The number of amides is 2. The molecule has 1 aliphatic rings. The van der Waals surface area contributed by atoms with E-state index in [9.17, 15) is 9.18 Å². The average Bonchev–Trinajstić information content (AvgIpc) is 2.66. The fourth-order valence-electron chi connectivity index (χ4n) is 2.73. The second kappa shape index (κ2) is 8.73. The van der Waals surface area contributed by atoms with Crippen LogP contribution in [-0.4, -0.2) is 56.2 Å². The van der Waals surface area contributed by atoms with Crippen molar-refractivity contribution >= 4 is 11.7 Å². The lowest BCUT2D eigenvalue weighted by Crippen LogP contribution is -2.39. The van der Waals surface area contributed by atoms with Crippen molar-refractivity contribution in [1.82, 2.24) is 9.80 Å². The van der Waals surface area contributed by atoms with Gasteiger partial charge in [0, 0.05) is 30.4 Å². The van der Waals surface area contributed by atoms with Crippen LogP contribution in [0.15, 0.2) is 42.5 Å². The average molecular weight is 373 g/mol. The third kappa shape index (κ3) is 5.10. The molecule has 2 aromatic carbocycles. The van der Waals surface area contributed by atoms with Crippen LogP contribution in [0.5, 0.6) is 11.5 Å². The molecule has 27 heavy (non-hydrogen) atoms. The number of nitrogens with one attached hydrogen (secondary N) is 1. The second-order valence-corrected chi connectivity index (χ2v) is 6.60. The van der Waals surface area contributed by atoms with E-state index in [0.717, 1.165) is 0 Å². The monoisotopic (exact) mass is 373 g/mol. The van der Waals surface area contributed by atoms with Crippen LogP contribution in [0, 0.1) is 5.82 Å². The van der Waals surface area contributed by atoms with E-state index >= 15 is 0 Å². The summed E-state index contributed by atoms with van der Waals surface area (Å²) in [5.74, 6) is 0.947. The van der Waals surface area contributed by atoms with Gasteiger partial charge in [-0.3, -0.25) is 0 Å². The molecule has 0 saturated carbocycles. The summed E-state index contributed by atoms with van der Waals surface area (Å²) in [4.78, 5) is 16.4. The third-order valence-corrected chi connectivity index (χ3v) is 4.22. The first-order chi connectivity index (χ1) is 13.0. The molecule has 1 aliphatic heterocycles. The van der Waals surface area contributed by atoms with E-state index in [1.807, 2.05) is 19.0 Å². The Balaban J connectivity index is 1.73. The second-order valence-electron chi connectivity index (χ2n) is 6.60. The number of halogens is 1. The molecule has 0 aromatic heterocycles. The van der Waals surface area contributed by atoms with Crippen LogP contribution in [0.3, 0.4) is 0 Å². The largest absolute Gasteiger partial charge is 0.486 e. The van der Waals surface area contributed by atoms with Crippen molar-refractivity contribution < 1.29 is 18.7 Å². The predicted octanol–water partition coefficient (Wildman–Crippen LogP) is 3.19. The molecule has 0 unspecified atom stereocenters. The van der Waals surface area contributed by atoms with Crippen LogP contribution in [0.1, 0.15) is 5.56 Å². The van der Waals surface area contributed by atoms with E-state index in [2.05, 4.69) is 5.32 Å². The number of hydrogen-bond acceptors (Lipinski definition) is 4. The summed E-state index contributed by atoms with van der Waals surface area (Å²) in [7, 11) is 3.86. The number of hydrogen-bond donors (Lipinski definition) is 1. The molecule has 0 aliphatic carbocycles. The number of ether oxygens (including phenoxy) is 2. The zero-order valence-electron chi connectivity index (χ0n) is 15.6. The summed E-state index contributed by atoms with van der Waals surface area (Å²) < 4.78 is 25.1. The highest BCUT2D eigenvalue weighted by Crippen LogP contribution is 2.32. The number of benzene rings is 2. The van der Waals surface area contributed by atoms with E-state index in [4.69, 9.17) is 9.47 Å². The summed E-state index contributed by atoms with van der Waals surface area (Å²) >= 11 is 0. The molecule has 0 radical (unpaired) electrons. The Bertz CT molecular complexity index is 798. The van der Waals surface area contributed by atoms with Crippen LogP contribution in [0.2, 0.25) is 0 Å². The van der Waals surface area contributed by atoms with Gasteiger partial charge in [0.2, 0.25) is 0 Å². The fraction of sp³-hybridized carbons (Fsp3) is 0.350. The molecule has 0 bridgehead atoms. The quantitative estimate of drug-likeness (QED) is 0.845. The molecule has 2 aromatic rings. The number of carbonyl (C=O) groups excluding carboxylic acids is 1. The molecule has 2 amide bonds. The predicted molar refractivity (Wildman–Crippen MR) is 102 cm³/mol. The molecule has 7 heteroatoms. The van der Waals surface area contributed by atoms with Gasteiger partial charge in [-0.05, 0) is 32.3 Å². The highest BCUT2D eigenvalue weighted by Gasteiger charge is 2.18. The van der Waals surface area contributed by atoms with Crippen LogP contribution in [-0.2, 0) is 6.54 Å². The van der Waals surface area contributed by atoms with Crippen molar-refractivity contribution in [2.24, 2.45) is 0 Å². The Morgan fingerprint density at radius 1 is 1.07 bits per heavy atom. The summed E-state index contributed by atoms with van der Waals surface area (Å²) in [5.41, 5.74) is 1.08. The molecule has 0 spiro atoms. The van der Waals surface area contributed by atoms with E-state index in [1.165, 1.54) is 6.07 Å².